The first kappa shape index (κ1) is 15.7. The fourth-order valence-electron chi connectivity index (χ4n) is 2.46. The van der Waals surface area contributed by atoms with Gasteiger partial charge < -0.3 is 9.64 Å². The summed E-state index contributed by atoms with van der Waals surface area (Å²) in [4.78, 5) is 3.97. The number of nitrogens with zero attached hydrogens (tertiary/aromatic N) is 3. The summed E-state index contributed by atoms with van der Waals surface area (Å²) < 4.78 is 5.43. The molecule has 0 amide bonds. The molecule has 1 aromatic rings. The molecule has 1 fully saturated rings. The highest BCUT2D eigenvalue weighted by atomic mass is 32.1. The van der Waals surface area contributed by atoms with E-state index in [-0.39, 0.29) is 11.2 Å². The van der Waals surface area contributed by atoms with Crippen molar-refractivity contribution in [2.75, 3.05) is 26.2 Å². The number of nitriles is 1. The lowest BCUT2D eigenvalue weighted by atomic mass is 10.1. The Morgan fingerprint density at radius 3 is 2.71 bits per heavy atom. The standard InChI is InChI=1S/C15H20N4OS/c1-2-20-14-5-3-12(4-6-14)10-18-7-8-19(15(17)21)13(9-16)11-18/h3-6,13H,2,7-8,10-11H2,1H3,(H2,17,21). The lowest BCUT2D eigenvalue weighted by Gasteiger charge is -2.38. The van der Waals surface area contributed by atoms with E-state index < -0.39 is 0 Å². The zero-order valence-corrected chi connectivity index (χ0v) is 13.0. The molecule has 1 aliphatic heterocycles. The van der Waals surface area contributed by atoms with E-state index in [2.05, 4.69) is 35.7 Å². The summed E-state index contributed by atoms with van der Waals surface area (Å²) in [5.74, 6) is 0.879. The topological polar surface area (TPSA) is 63.4 Å². The summed E-state index contributed by atoms with van der Waals surface area (Å²) >= 11 is 4.04. The molecule has 0 aromatic heterocycles. The van der Waals surface area contributed by atoms with Crippen molar-refractivity contribution in [2.45, 2.75) is 19.5 Å². The average molecular weight is 304 g/mol. The molecule has 6 heteroatoms. The van der Waals surface area contributed by atoms with Gasteiger partial charge in [-0.1, -0.05) is 12.1 Å². The van der Waals surface area contributed by atoms with E-state index in [1.165, 1.54) is 5.56 Å². The van der Waals surface area contributed by atoms with E-state index in [9.17, 15) is 5.26 Å². The third-order valence-corrected chi connectivity index (χ3v) is 3.78. The summed E-state index contributed by atoms with van der Waals surface area (Å²) in [6.45, 7) is 5.56. The van der Waals surface area contributed by atoms with Crippen LogP contribution in [0.2, 0.25) is 0 Å². The predicted octanol–water partition coefficient (Wildman–Crippen LogP) is 1.96. The van der Waals surface area contributed by atoms with Crippen LogP contribution in [0.5, 0.6) is 5.75 Å². The van der Waals surface area contributed by atoms with Crippen LogP contribution in [0.1, 0.15) is 12.5 Å². The van der Waals surface area contributed by atoms with Gasteiger partial charge in [0.2, 0.25) is 0 Å². The number of hydrogen-bond acceptors (Lipinski definition) is 4. The van der Waals surface area contributed by atoms with Crippen LogP contribution >= 0.6 is 12.6 Å². The Balaban J connectivity index is 1.95. The number of piperazine rings is 1. The number of ether oxygens (including phenoxy) is 1. The highest BCUT2D eigenvalue weighted by Gasteiger charge is 2.27. The molecule has 5 nitrogen and oxygen atoms in total. The van der Waals surface area contributed by atoms with Crippen LogP contribution in [0.25, 0.3) is 0 Å². The van der Waals surface area contributed by atoms with Crippen molar-refractivity contribution < 1.29 is 4.74 Å². The van der Waals surface area contributed by atoms with Gasteiger partial charge in [0, 0.05) is 26.2 Å². The molecule has 0 aliphatic carbocycles. The molecule has 1 saturated heterocycles. The molecule has 0 bridgehead atoms. The number of rotatable bonds is 4. The predicted molar refractivity (Wildman–Crippen MR) is 85.7 cm³/mol. The van der Waals surface area contributed by atoms with E-state index in [0.29, 0.717) is 19.7 Å². The molecule has 1 unspecified atom stereocenters. The monoisotopic (exact) mass is 304 g/mol. The Morgan fingerprint density at radius 2 is 2.14 bits per heavy atom. The van der Waals surface area contributed by atoms with Gasteiger partial charge in [-0.25, -0.2) is 0 Å². The summed E-state index contributed by atoms with van der Waals surface area (Å²) in [6.07, 6.45) is 0. The molecule has 1 aromatic carbocycles. The molecular weight excluding hydrogens is 284 g/mol. The van der Waals surface area contributed by atoms with E-state index >= 15 is 0 Å². The Bertz CT molecular complexity index is 525. The zero-order valence-electron chi connectivity index (χ0n) is 12.1. The van der Waals surface area contributed by atoms with Gasteiger partial charge in [0.05, 0.1) is 12.7 Å². The molecule has 112 valence electrons. The fraction of sp³-hybridized carbons (Fsp3) is 0.467. The first-order chi connectivity index (χ1) is 10.1. The molecule has 1 atom stereocenters. The van der Waals surface area contributed by atoms with Crippen LogP contribution < -0.4 is 4.74 Å². The molecule has 1 N–H and O–H groups in total. The second-order valence-electron chi connectivity index (χ2n) is 4.97. The SMILES string of the molecule is CCOc1ccc(CN2CCN(C(=N)S)C(C#N)C2)cc1. The second-order valence-corrected chi connectivity index (χ2v) is 5.40. The molecule has 2 rings (SSSR count). The van der Waals surface area contributed by atoms with Crippen LogP contribution in [0.3, 0.4) is 0 Å². The molecule has 1 aliphatic rings. The minimum atomic E-state index is -0.300. The first-order valence-corrected chi connectivity index (χ1v) is 7.46. The maximum Gasteiger partial charge on any atom is 0.154 e. The summed E-state index contributed by atoms with van der Waals surface area (Å²) in [7, 11) is 0. The van der Waals surface area contributed by atoms with Crippen LogP contribution in [-0.4, -0.2) is 47.3 Å². The van der Waals surface area contributed by atoms with Crippen molar-refractivity contribution in [2.24, 2.45) is 0 Å². The lowest BCUT2D eigenvalue weighted by Crippen LogP contribution is -2.53. The number of hydrogen-bond donors (Lipinski definition) is 2. The molecular formula is C15H20N4OS. The second kappa shape index (κ2) is 7.34. The van der Waals surface area contributed by atoms with Gasteiger partial charge in [-0.15, -0.1) is 12.6 Å². The summed E-state index contributed by atoms with van der Waals surface area (Å²) in [5, 5.41) is 17.0. The van der Waals surface area contributed by atoms with Gasteiger partial charge in [-0.05, 0) is 24.6 Å². The molecule has 0 radical (unpaired) electrons. The highest BCUT2D eigenvalue weighted by Crippen LogP contribution is 2.17. The van der Waals surface area contributed by atoms with E-state index in [0.717, 1.165) is 18.8 Å². The van der Waals surface area contributed by atoms with Crippen LogP contribution in [0.4, 0.5) is 0 Å². The normalized spacial score (nSPS) is 19.1. The number of nitrogens with one attached hydrogen (secondary N) is 1. The van der Waals surface area contributed by atoms with Crippen LogP contribution in [-0.2, 0) is 6.54 Å². The van der Waals surface area contributed by atoms with Gasteiger partial charge in [-0.3, -0.25) is 10.3 Å². The molecule has 0 saturated carbocycles. The minimum Gasteiger partial charge on any atom is -0.494 e. The van der Waals surface area contributed by atoms with E-state index in [1.807, 2.05) is 19.1 Å². The largest absolute Gasteiger partial charge is 0.494 e. The van der Waals surface area contributed by atoms with Crippen molar-refractivity contribution in [1.82, 2.24) is 9.80 Å². The Kier molecular flexibility index (Phi) is 5.48. The van der Waals surface area contributed by atoms with Gasteiger partial charge >= 0.3 is 0 Å². The van der Waals surface area contributed by atoms with Gasteiger partial charge in [-0.2, -0.15) is 5.26 Å². The van der Waals surface area contributed by atoms with Crippen molar-refractivity contribution in [3.63, 3.8) is 0 Å². The number of benzene rings is 1. The average Bonchev–Trinajstić information content (AvgIpc) is 2.49. The minimum absolute atomic E-state index is 0.169. The Hall–Kier alpha value is -1.71. The lowest BCUT2D eigenvalue weighted by molar-refractivity contribution is 0.148. The zero-order chi connectivity index (χ0) is 15.2. The fourth-order valence-corrected chi connectivity index (χ4v) is 2.70. The van der Waals surface area contributed by atoms with Crippen LogP contribution in [0, 0.1) is 16.7 Å². The van der Waals surface area contributed by atoms with E-state index in [4.69, 9.17) is 10.1 Å². The third-order valence-electron chi connectivity index (χ3n) is 3.53. The number of amidine groups is 1. The molecule has 1 heterocycles. The van der Waals surface area contributed by atoms with Gasteiger partial charge in [0.15, 0.2) is 5.17 Å². The van der Waals surface area contributed by atoms with Crippen molar-refractivity contribution in [3.8, 4) is 11.8 Å². The number of thiol groups is 1. The highest BCUT2D eigenvalue weighted by molar-refractivity contribution is 7.96. The summed E-state index contributed by atoms with van der Waals surface area (Å²) in [6, 6.07) is 10.0. The quantitative estimate of drug-likeness (QED) is 0.507. The third kappa shape index (κ3) is 4.13. The van der Waals surface area contributed by atoms with Gasteiger partial charge in [0.1, 0.15) is 11.8 Å². The Morgan fingerprint density at radius 1 is 1.43 bits per heavy atom. The van der Waals surface area contributed by atoms with Crippen molar-refractivity contribution in [3.05, 3.63) is 29.8 Å². The van der Waals surface area contributed by atoms with E-state index in [1.54, 1.807) is 4.90 Å². The Labute approximate surface area is 131 Å². The molecule has 0 spiro atoms. The van der Waals surface area contributed by atoms with Crippen molar-refractivity contribution in [1.29, 1.82) is 10.7 Å². The molecule has 21 heavy (non-hydrogen) atoms. The smallest absolute Gasteiger partial charge is 0.154 e. The maximum atomic E-state index is 9.22. The first-order valence-electron chi connectivity index (χ1n) is 7.02. The van der Waals surface area contributed by atoms with Gasteiger partial charge in [0.25, 0.3) is 0 Å². The van der Waals surface area contributed by atoms with Crippen LogP contribution in [0.15, 0.2) is 24.3 Å². The van der Waals surface area contributed by atoms with Crippen molar-refractivity contribution >= 4 is 17.8 Å². The summed E-state index contributed by atoms with van der Waals surface area (Å²) in [5.41, 5.74) is 1.20. The maximum absolute atomic E-state index is 9.22.